The predicted molar refractivity (Wildman–Crippen MR) is 92.6 cm³/mol. The quantitative estimate of drug-likeness (QED) is 0.768. The van der Waals surface area contributed by atoms with Crippen LogP contribution in [-0.2, 0) is 4.79 Å². The molecule has 0 radical (unpaired) electrons. The molecule has 4 heteroatoms. The van der Waals surface area contributed by atoms with Crippen LogP contribution < -0.4 is 5.32 Å². The number of halogens is 1. The second-order valence-corrected chi connectivity index (χ2v) is 5.54. The van der Waals surface area contributed by atoms with Gasteiger partial charge in [-0.1, -0.05) is 72.3 Å². The van der Waals surface area contributed by atoms with Crippen molar-refractivity contribution in [1.29, 1.82) is 0 Å². The third kappa shape index (κ3) is 3.76. The van der Waals surface area contributed by atoms with Crippen molar-refractivity contribution in [2.75, 3.05) is 5.32 Å². The number of nitrogens with zero attached hydrogens (tertiary/aromatic N) is 1. The molecule has 0 atom stereocenters. The highest BCUT2D eigenvalue weighted by Crippen LogP contribution is 2.26. The highest BCUT2D eigenvalue weighted by molar-refractivity contribution is 6.30. The van der Waals surface area contributed by atoms with E-state index in [1.807, 2.05) is 60.7 Å². The van der Waals surface area contributed by atoms with Crippen molar-refractivity contribution in [1.82, 2.24) is 4.98 Å². The molecule has 0 aliphatic carbocycles. The minimum Gasteiger partial charge on any atom is -0.310 e. The number of hydrogen-bond donors (Lipinski definition) is 1. The fourth-order valence-electron chi connectivity index (χ4n) is 2.46. The largest absolute Gasteiger partial charge is 0.310 e. The number of nitrogens with one attached hydrogen (secondary N) is 1. The molecule has 1 heterocycles. The average molecular weight is 323 g/mol. The van der Waals surface area contributed by atoms with Crippen molar-refractivity contribution in [2.45, 2.75) is 5.92 Å². The lowest BCUT2D eigenvalue weighted by Crippen LogP contribution is -2.22. The van der Waals surface area contributed by atoms with E-state index in [-0.39, 0.29) is 5.91 Å². The first kappa shape index (κ1) is 15.3. The standard InChI is InChI=1S/C19H15ClN2O/c20-16-11-12-21-17(13-16)22-19(23)18(14-7-3-1-4-8-14)15-9-5-2-6-10-15/h1-13,18H,(H,21,22,23). The molecular formula is C19H15ClN2O. The van der Waals surface area contributed by atoms with Gasteiger partial charge < -0.3 is 5.32 Å². The Balaban J connectivity index is 1.94. The van der Waals surface area contributed by atoms with Crippen LogP contribution in [0.2, 0.25) is 5.02 Å². The molecule has 0 saturated carbocycles. The van der Waals surface area contributed by atoms with Crippen LogP contribution in [0.3, 0.4) is 0 Å². The van der Waals surface area contributed by atoms with Gasteiger partial charge in [-0.15, -0.1) is 0 Å². The van der Waals surface area contributed by atoms with Crippen LogP contribution in [0, 0.1) is 0 Å². The topological polar surface area (TPSA) is 42.0 Å². The normalized spacial score (nSPS) is 10.5. The SMILES string of the molecule is O=C(Nc1cc(Cl)ccn1)C(c1ccccc1)c1ccccc1. The molecule has 114 valence electrons. The summed E-state index contributed by atoms with van der Waals surface area (Å²) in [4.78, 5) is 17.0. The summed E-state index contributed by atoms with van der Waals surface area (Å²) in [6.45, 7) is 0. The number of benzene rings is 2. The molecule has 0 bridgehead atoms. The molecule has 3 rings (SSSR count). The number of rotatable bonds is 4. The Morgan fingerprint density at radius 2 is 1.48 bits per heavy atom. The third-order valence-corrected chi connectivity index (χ3v) is 3.74. The molecule has 0 fully saturated rings. The van der Waals surface area contributed by atoms with Crippen LogP contribution in [0.4, 0.5) is 5.82 Å². The molecule has 0 unspecified atom stereocenters. The first-order chi connectivity index (χ1) is 11.2. The van der Waals surface area contributed by atoms with Crippen LogP contribution in [0.1, 0.15) is 17.0 Å². The highest BCUT2D eigenvalue weighted by atomic mass is 35.5. The lowest BCUT2D eigenvalue weighted by molar-refractivity contribution is -0.116. The maximum atomic E-state index is 12.8. The van der Waals surface area contributed by atoms with E-state index in [0.29, 0.717) is 10.8 Å². The minimum absolute atomic E-state index is 0.142. The zero-order valence-electron chi connectivity index (χ0n) is 12.3. The van der Waals surface area contributed by atoms with E-state index in [4.69, 9.17) is 11.6 Å². The van der Waals surface area contributed by atoms with Gasteiger partial charge in [0, 0.05) is 11.2 Å². The molecule has 3 nitrogen and oxygen atoms in total. The van der Waals surface area contributed by atoms with Gasteiger partial charge in [0.15, 0.2) is 0 Å². The molecule has 2 aromatic carbocycles. The second kappa shape index (κ2) is 7.07. The van der Waals surface area contributed by atoms with Crippen molar-refractivity contribution in [3.8, 4) is 0 Å². The molecule has 0 aliphatic rings. The monoisotopic (exact) mass is 322 g/mol. The first-order valence-corrected chi connectivity index (χ1v) is 7.64. The van der Waals surface area contributed by atoms with Gasteiger partial charge >= 0.3 is 0 Å². The molecule has 0 spiro atoms. The van der Waals surface area contributed by atoms with Gasteiger partial charge in [-0.2, -0.15) is 0 Å². The number of pyridine rings is 1. The second-order valence-electron chi connectivity index (χ2n) is 5.10. The van der Waals surface area contributed by atoms with E-state index < -0.39 is 5.92 Å². The van der Waals surface area contributed by atoms with E-state index in [0.717, 1.165) is 11.1 Å². The molecule has 23 heavy (non-hydrogen) atoms. The Morgan fingerprint density at radius 1 is 0.913 bits per heavy atom. The Hall–Kier alpha value is -2.65. The summed E-state index contributed by atoms with van der Waals surface area (Å²) in [6, 6.07) is 22.7. The van der Waals surface area contributed by atoms with E-state index >= 15 is 0 Å². The van der Waals surface area contributed by atoms with Gasteiger partial charge in [0.2, 0.25) is 5.91 Å². The number of anilines is 1. The van der Waals surface area contributed by atoms with Crippen molar-refractivity contribution in [3.63, 3.8) is 0 Å². The molecular weight excluding hydrogens is 308 g/mol. The summed E-state index contributed by atoms with van der Waals surface area (Å²) in [7, 11) is 0. The van der Waals surface area contributed by atoms with Crippen LogP contribution in [0.25, 0.3) is 0 Å². The smallest absolute Gasteiger partial charge is 0.237 e. The summed E-state index contributed by atoms with van der Waals surface area (Å²) >= 11 is 5.95. The van der Waals surface area contributed by atoms with Crippen LogP contribution in [-0.4, -0.2) is 10.9 Å². The Labute approximate surface area is 140 Å². The van der Waals surface area contributed by atoms with Crippen LogP contribution in [0.15, 0.2) is 79.0 Å². The van der Waals surface area contributed by atoms with Gasteiger partial charge in [0.1, 0.15) is 5.82 Å². The van der Waals surface area contributed by atoms with Crippen molar-refractivity contribution < 1.29 is 4.79 Å². The maximum absolute atomic E-state index is 12.8. The van der Waals surface area contributed by atoms with Crippen LogP contribution in [0.5, 0.6) is 0 Å². The number of amides is 1. The fraction of sp³-hybridized carbons (Fsp3) is 0.0526. The van der Waals surface area contributed by atoms with E-state index in [2.05, 4.69) is 10.3 Å². The Morgan fingerprint density at radius 3 is 2.00 bits per heavy atom. The zero-order valence-corrected chi connectivity index (χ0v) is 13.1. The van der Waals surface area contributed by atoms with Crippen molar-refractivity contribution >= 4 is 23.3 Å². The Bertz CT molecular complexity index is 751. The molecule has 1 N–H and O–H groups in total. The fourth-order valence-corrected chi connectivity index (χ4v) is 2.62. The summed E-state index contributed by atoms with van der Waals surface area (Å²) in [5.74, 6) is -0.102. The summed E-state index contributed by atoms with van der Waals surface area (Å²) < 4.78 is 0. The van der Waals surface area contributed by atoms with E-state index in [9.17, 15) is 4.79 Å². The van der Waals surface area contributed by atoms with Gasteiger partial charge in [-0.3, -0.25) is 4.79 Å². The summed E-state index contributed by atoms with van der Waals surface area (Å²) in [5, 5.41) is 3.38. The molecule has 0 aliphatic heterocycles. The van der Waals surface area contributed by atoms with E-state index in [1.165, 1.54) is 0 Å². The number of carbonyl (C=O) groups is 1. The third-order valence-electron chi connectivity index (χ3n) is 3.50. The van der Waals surface area contributed by atoms with Crippen molar-refractivity contribution in [2.24, 2.45) is 0 Å². The van der Waals surface area contributed by atoms with Gasteiger partial charge in [-0.05, 0) is 23.3 Å². The molecule has 1 aromatic heterocycles. The lowest BCUT2D eigenvalue weighted by atomic mass is 9.90. The van der Waals surface area contributed by atoms with Gasteiger partial charge in [-0.25, -0.2) is 4.98 Å². The van der Waals surface area contributed by atoms with E-state index in [1.54, 1.807) is 18.3 Å². The first-order valence-electron chi connectivity index (χ1n) is 7.26. The van der Waals surface area contributed by atoms with Gasteiger partial charge in [0.05, 0.1) is 5.92 Å². The maximum Gasteiger partial charge on any atom is 0.237 e. The summed E-state index contributed by atoms with van der Waals surface area (Å²) in [5.41, 5.74) is 1.86. The average Bonchev–Trinajstić information content (AvgIpc) is 2.57. The highest BCUT2D eigenvalue weighted by Gasteiger charge is 2.22. The predicted octanol–water partition coefficient (Wildman–Crippen LogP) is 4.51. The summed E-state index contributed by atoms with van der Waals surface area (Å²) in [6.07, 6.45) is 1.57. The van der Waals surface area contributed by atoms with Crippen LogP contribution >= 0.6 is 11.6 Å². The minimum atomic E-state index is -0.404. The Kier molecular flexibility index (Phi) is 4.69. The lowest BCUT2D eigenvalue weighted by Gasteiger charge is -2.17. The zero-order chi connectivity index (χ0) is 16.1. The molecule has 0 saturated heterocycles. The number of aromatic nitrogens is 1. The molecule has 3 aromatic rings. The van der Waals surface area contributed by atoms with Crippen molar-refractivity contribution in [3.05, 3.63) is 95.1 Å². The van der Waals surface area contributed by atoms with Gasteiger partial charge in [0.25, 0.3) is 0 Å². The number of hydrogen-bond acceptors (Lipinski definition) is 2. The molecule has 1 amide bonds. The number of carbonyl (C=O) groups excluding carboxylic acids is 1.